The topological polar surface area (TPSA) is 111 Å². The van der Waals surface area contributed by atoms with Gasteiger partial charge in [0.2, 0.25) is 5.91 Å². The number of hydrogen-bond acceptors (Lipinski definition) is 7. The van der Waals surface area contributed by atoms with Crippen molar-refractivity contribution in [2.45, 2.75) is 38.3 Å². The van der Waals surface area contributed by atoms with Gasteiger partial charge in [-0.1, -0.05) is 0 Å². The third-order valence-corrected chi connectivity index (χ3v) is 5.91. The highest BCUT2D eigenvalue weighted by Crippen LogP contribution is 2.27. The number of carbonyl (C=O) groups excluding carboxylic acids is 1. The number of rotatable bonds is 8. The standard InChI is InChI=1S/C22H27N7O2/c23-19(30)12-29-8-5-16-9-18(11-24-22(16)29)31-13-15-3-6-28(7-4-15)21-10-20(25-14-26-21)27-17-1-2-17/h5,8-11,14-15,17H,1-4,6-7,12-13H2,(H2,23,30)(H,25,26,27). The summed E-state index contributed by atoms with van der Waals surface area (Å²) in [6.07, 6.45) is 9.75. The third kappa shape index (κ3) is 4.70. The van der Waals surface area contributed by atoms with Crippen molar-refractivity contribution >= 4 is 28.6 Å². The van der Waals surface area contributed by atoms with Crippen LogP contribution in [0.2, 0.25) is 0 Å². The lowest BCUT2D eigenvalue weighted by Crippen LogP contribution is -2.36. The van der Waals surface area contributed by atoms with E-state index in [0.29, 0.717) is 18.6 Å². The smallest absolute Gasteiger partial charge is 0.237 e. The van der Waals surface area contributed by atoms with Gasteiger partial charge in [-0.25, -0.2) is 15.0 Å². The maximum atomic E-state index is 11.2. The molecule has 1 aliphatic heterocycles. The number of amides is 1. The molecule has 0 aromatic carbocycles. The molecule has 3 aromatic rings. The van der Waals surface area contributed by atoms with Gasteiger partial charge in [-0.3, -0.25) is 4.79 Å². The molecule has 0 bridgehead atoms. The van der Waals surface area contributed by atoms with Crippen molar-refractivity contribution in [3.8, 4) is 5.75 Å². The zero-order valence-corrected chi connectivity index (χ0v) is 17.4. The summed E-state index contributed by atoms with van der Waals surface area (Å²) in [5.41, 5.74) is 6.02. The molecule has 9 heteroatoms. The van der Waals surface area contributed by atoms with Crippen molar-refractivity contribution in [3.05, 3.63) is 36.9 Å². The van der Waals surface area contributed by atoms with Crippen molar-refractivity contribution in [1.29, 1.82) is 0 Å². The molecule has 2 aliphatic rings. The molecule has 1 amide bonds. The summed E-state index contributed by atoms with van der Waals surface area (Å²) in [4.78, 5) is 26.7. The maximum Gasteiger partial charge on any atom is 0.237 e. The van der Waals surface area contributed by atoms with E-state index in [1.54, 1.807) is 17.1 Å². The summed E-state index contributed by atoms with van der Waals surface area (Å²) in [5, 5.41) is 4.38. The number of hydrogen-bond donors (Lipinski definition) is 2. The number of nitrogens with two attached hydrogens (primary N) is 1. The highest BCUT2D eigenvalue weighted by atomic mass is 16.5. The Bertz CT molecular complexity index is 1070. The largest absolute Gasteiger partial charge is 0.492 e. The van der Waals surface area contributed by atoms with Crippen molar-refractivity contribution in [3.63, 3.8) is 0 Å². The van der Waals surface area contributed by atoms with Gasteiger partial charge < -0.3 is 25.3 Å². The second kappa shape index (κ2) is 8.41. The molecule has 9 nitrogen and oxygen atoms in total. The van der Waals surface area contributed by atoms with E-state index in [0.717, 1.165) is 54.3 Å². The molecule has 2 fully saturated rings. The minimum atomic E-state index is -0.386. The Morgan fingerprint density at radius 2 is 2.00 bits per heavy atom. The first-order chi connectivity index (χ1) is 15.1. The lowest BCUT2D eigenvalue weighted by atomic mass is 9.98. The van der Waals surface area contributed by atoms with Crippen molar-refractivity contribution in [2.24, 2.45) is 11.7 Å². The number of primary amides is 1. The molecular formula is C22H27N7O2. The third-order valence-electron chi connectivity index (χ3n) is 5.91. The molecule has 3 N–H and O–H groups in total. The van der Waals surface area contributed by atoms with Gasteiger partial charge in [-0.05, 0) is 43.7 Å². The SMILES string of the molecule is NC(=O)Cn1ccc2cc(OCC3CCN(c4cc(NC5CC5)ncn4)CC3)cnc21. The van der Waals surface area contributed by atoms with E-state index in [1.807, 2.05) is 18.3 Å². The molecule has 162 valence electrons. The molecule has 0 atom stereocenters. The van der Waals surface area contributed by atoms with Crippen molar-refractivity contribution in [2.75, 3.05) is 29.9 Å². The highest BCUT2D eigenvalue weighted by Gasteiger charge is 2.23. The van der Waals surface area contributed by atoms with E-state index in [9.17, 15) is 4.79 Å². The first-order valence-corrected chi connectivity index (χ1v) is 10.8. The lowest BCUT2D eigenvalue weighted by Gasteiger charge is -2.32. The van der Waals surface area contributed by atoms with Crippen LogP contribution >= 0.6 is 0 Å². The fourth-order valence-electron chi connectivity index (χ4n) is 4.01. The van der Waals surface area contributed by atoms with E-state index in [-0.39, 0.29) is 12.5 Å². The van der Waals surface area contributed by atoms with Gasteiger partial charge in [0.15, 0.2) is 0 Å². The summed E-state index contributed by atoms with van der Waals surface area (Å²) in [7, 11) is 0. The Kier molecular flexibility index (Phi) is 5.31. The van der Waals surface area contributed by atoms with Gasteiger partial charge in [0.1, 0.15) is 35.9 Å². The van der Waals surface area contributed by atoms with Crippen LogP contribution in [0.4, 0.5) is 11.6 Å². The number of nitrogens with one attached hydrogen (secondary N) is 1. The van der Waals surface area contributed by atoms with Crippen LogP contribution in [0.15, 0.2) is 36.9 Å². The van der Waals surface area contributed by atoms with Crippen LogP contribution in [0.3, 0.4) is 0 Å². The highest BCUT2D eigenvalue weighted by molar-refractivity contribution is 5.80. The van der Waals surface area contributed by atoms with E-state index < -0.39 is 0 Å². The molecule has 1 saturated heterocycles. The molecule has 1 saturated carbocycles. The Morgan fingerprint density at radius 1 is 1.16 bits per heavy atom. The number of aromatic nitrogens is 4. The number of fused-ring (bicyclic) bond motifs is 1. The second-order valence-electron chi connectivity index (χ2n) is 8.42. The number of pyridine rings is 1. The van der Waals surface area contributed by atoms with Crippen LogP contribution in [0, 0.1) is 5.92 Å². The molecule has 5 rings (SSSR count). The Morgan fingerprint density at radius 3 is 2.77 bits per heavy atom. The Labute approximate surface area is 180 Å². The lowest BCUT2D eigenvalue weighted by molar-refractivity contribution is -0.118. The van der Waals surface area contributed by atoms with Gasteiger partial charge in [-0.15, -0.1) is 0 Å². The van der Waals surface area contributed by atoms with Gasteiger partial charge in [0, 0.05) is 36.8 Å². The number of nitrogens with zero attached hydrogens (tertiary/aromatic N) is 5. The van der Waals surface area contributed by atoms with E-state index in [1.165, 1.54) is 12.8 Å². The van der Waals surface area contributed by atoms with Crippen LogP contribution in [-0.2, 0) is 11.3 Å². The average molecular weight is 422 g/mol. The Balaban J connectivity index is 1.14. The molecule has 4 heterocycles. The zero-order chi connectivity index (χ0) is 21.2. The summed E-state index contributed by atoms with van der Waals surface area (Å²) in [6, 6.07) is 6.52. The summed E-state index contributed by atoms with van der Waals surface area (Å²) in [6.45, 7) is 2.71. The second-order valence-corrected chi connectivity index (χ2v) is 8.42. The molecule has 3 aromatic heterocycles. The molecular weight excluding hydrogens is 394 g/mol. The minimum Gasteiger partial charge on any atom is -0.492 e. The summed E-state index contributed by atoms with van der Waals surface area (Å²) in [5.74, 6) is 2.78. The molecule has 0 radical (unpaired) electrons. The van der Waals surface area contributed by atoms with Crippen molar-refractivity contribution < 1.29 is 9.53 Å². The normalized spacial score (nSPS) is 17.1. The average Bonchev–Trinajstić information content (AvgIpc) is 3.51. The first-order valence-electron chi connectivity index (χ1n) is 10.8. The van der Waals surface area contributed by atoms with Crippen LogP contribution < -0.4 is 20.7 Å². The number of piperidine rings is 1. The zero-order valence-electron chi connectivity index (χ0n) is 17.4. The Hall–Kier alpha value is -3.36. The first kappa shape index (κ1) is 19.6. The maximum absolute atomic E-state index is 11.2. The molecule has 0 spiro atoms. The molecule has 0 unspecified atom stereocenters. The fourth-order valence-corrected chi connectivity index (χ4v) is 4.01. The van der Waals surface area contributed by atoms with Crippen LogP contribution in [0.5, 0.6) is 5.75 Å². The number of anilines is 2. The molecule has 31 heavy (non-hydrogen) atoms. The minimum absolute atomic E-state index is 0.125. The predicted octanol–water partition coefficient (Wildman–Crippen LogP) is 2.18. The van der Waals surface area contributed by atoms with Gasteiger partial charge in [0.25, 0.3) is 0 Å². The summed E-state index contributed by atoms with van der Waals surface area (Å²) < 4.78 is 7.78. The monoisotopic (exact) mass is 421 g/mol. The van der Waals surface area contributed by atoms with Crippen LogP contribution in [-0.4, -0.2) is 51.2 Å². The van der Waals surface area contributed by atoms with Crippen molar-refractivity contribution in [1.82, 2.24) is 19.5 Å². The van der Waals surface area contributed by atoms with E-state index in [2.05, 4.69) is 31.2 Å². The van der Waals surface area contributed by atoms with Crippen LogP contribution in [0.25, 0.3) is 11.0 Å². The van der Waals surface area contributed by atoms with Gasteiger partial charge in [0.05, 0.1) is 12.8 Å². The quantitative estimate of drug-likeness (QED) is 0.573. The van der Waals surface area contributed by atoms with Gasteiger partial charge >= 0.3 is 0 Å². The van der Waals surface area contributed by atoms with Gasteiger partial charge in [-0.2, -0.15) is 0 Å². The van der Waals surface area contributed by atoms with E-state index >= 15 is 0 Å². The van der Waals surface area contributed by atoms with Crippen LogP contribution in [0.1, 0.15) is 25.7 Å². The fraction of sp³-hybridized carbons (Fsp3) is 0.455. The number of carbonyl (C=O) groups is 1. The number of ether oxygens (including phenoxy) is 1. The predicted molar refractivity (Wildman–Crippen MR) is 118 cm³/mol. The molecule has 1 aliphatic carbocycles. The summed E-state index contributed by atoms with van der Waals surface area (Å²) >= 11 is 0. The van der Waals surface area contributed by atoms with E-state index in [4.69, 9.17) is 10.5 Å².